The molecule has 2 heterocycles. The maximum absolute atomic E-state index is 11.4. The standard InChI is InChI=1S/C11H10N6O/c1-14-11(18)8-3-5-17(16-8)10-9(13)7(6-12)2-4-15-10/h2-5H,13H2,1H3,(H,14,18). The fourth-order valence-electron chi connectivity index (χ4n) is 1.43. The van der Waals surface area contributed by atoms with Crippen molar-refractivity contribution >= 4 is 11.6 Å². The molecule has 2 aromatic heterocycles. The molecule has 0 saturated carbocycles. The van der Waals surface area contributed by atoms with Gasteiger partial charge in [-0.05, 0) is 12.1 Å². The Morgan fingerprint density at radius 1 is 1.56 bits per heavy atom. The average Bonchev–Trinajstić information content (AvgIpc) is 2.87. The summed E-state index contributed by atoms with van der Waals surface area (Å²) in [5.41, 5.74) is 6.59. The van der Waals surface area contributed by atoms with Crippen LogP contribution in [0.3, 0.4) is 0 Å². The zero-order valence-corrected chi connectivity index (χ0v) is 9.58. The molecule has 0 spiro atoms. The molecule has 0 atom stereocenters. The Kier molecular flexibility index (Phi) is 2.93. The van der Waals surface area contributed by atoms with E-state index in [9.17, 15) is 4.79 Å². The van der Waals surface area contributed by atoms with E-state index in [1.807, 2.05) is 6.07 Å². The number of nitrogens with zero attached hydrogens (tertiary/aromatic N) is 4. The van der Waals surface area contributed by atoms with Crippen molar-refractivity contribution in [3.05, 3.63) is 35.8 Å². The van der Waals surface area contributed by atoms with Crippen LogP contribution < -0.4 is 11.1 Å². The van der Waals surface area contributed by atoms with E-state index in [4.69, 9.17) is 11.0 Å². The summed E-state index contributed by atoms with van der Waals surface area (Å²) in [5, 5.41) is 15.4. The number of rotatable bonds is 2. The van der Waals surface area contributed by atoms with E-state index in [1.54, 1.807) is 12.3 Å². The number of carbonyl (C=O) groups excluding carboxylic acids is 1. The number of aromatic nitrogens is 3. The molecule has 0 saturated heterocycles. The highest BCUT2D eigenvalue weighted by Gasteiger charge is 2.12. The van der Waals surface area contributed by atoms with Crippen LogP contribution in [0.5, 0.6) is 0 Å². The van der Waals surface area contributed by atoms with E-state index in [1.165, 1.54) is 24.0 Å². The van der Waals surface area contributed by atoms with Gasteiger partial charge in [-0.1, -0.05) is 0 Å². The molecule has 0 unspecified atom stereocenters. The molecule has 90 valence electrons. The summed E-state index contributed by atoms with van der Waals surface area (Å²) in [5.74, 6) is 0.0213. The van der Waals surface area contributed by atoms with E-state index in [2.05, 4.69) is 15.4 Å². The first-order valence-corrected chi connectivity index (χ1v) is 5.10. The Labute approximate surface area is 103 Å². The summed E-state index contributed by atoms with van der Waals surface area (Å²) in [6.45, 7) is 0. The number of nitrogens with one attached hydrogen (secondary N) is 1. The van der Waals surface area contributed by atoms with Crippen LogP contribution in [0.1, 0.15) is 16.1 Å². The van der Waals surface area contributed by atoms with Gasteiger partial charge in [0, 0.05) is 19.4 Å². The molecule has 2 rings (SSSR count). The third-order valence-corrected chi connectivity index (χ3v) is 2.36. The molecule has 0 aromatic carbocycles. The summed E-state index contributed by atoms with van der Waals surface area (Å²) in [6, 6.07) is 5.02. The van der Waals surface area contributed by atoms with Crippen molar-refractivity contribution < 1.29 is 4.79 Å². The first-order chi connectivity index (χ1) is 8.67. The fourth-order valence-corrected chi connectivity index (χ4v) is 1.43. The van der Waals surface area contributed by atoms with Crippen molar-refractivity contribution in [1.29, 1.82) is 5.26 Å². The van der Waals surface area contributed by atoms with Gasteiger partial charge in [0.25, 0.3) is 5.91 Å². The number of anilines is 1. The molecule has 0 radical (unpaired) electrons. The molecule has 7 heteroatoms. The predicted octanol–water partition coefficient (Wildman–Crippen LogP) is 0.0808. The van der Waals surface area contributed by atoms with E-state index in [0.29, 0.717) is 11.4 Å². The van der Waals surface area contributed by atoms with Crippen molar-refractivity contribution in [1.82, 2.24) is 20.1 Å². The lowest BCUT2D eigenvalue weighted by atomic mass is 10.2. The lowest BCUT2D eigenvalue weighted by Crippen LogP contribution is -2.18. The van der Waals surface area contributed by atoms with Gasteiger partial charge in [-0.2, -0.15) is 10.4 Å². The fraction of sp³-hybridized carbons (Fsp3) is 0.0909. The Morgan fingerprint density at radius 2 is 2.33 bits per heavy atom. The summed E-state index contributed by atoms with van der Waals surface area (Å²) in [7, 11) is 1.52. The van der Waals surface area contributed by atoms with Gasteiger partial charge in [0.2, 0.25) is 0 Å². The lowest BCUT2D eigenvalue weighted by Gasteiger charge is -2.05. The summed E-state index contributed by atoms with van der Waals surface area (Å²) in [6.07, 6.45) is 3.02. The molecule has 0 aliphatic carbocycles. The second-order valence-corrected chi connectivity index (χ2v) is 3.43. The lowest BCUT2D eigenvalue weighted by molar-refractivity contribution is 0.0957. The predicted molar refractivity (Wildman–Crippen MR) is 63.9 cm³/mol. The average molecular weight is 242 g/mol. The number of carbonyl (C=O) groups is 1. The highest BCUT2D eigenvalue weighted by molar-refractivity contribution is 5.91. The quantitative estimate of drug-likeness (QED) is 0.775. The number of pyridine rings is 1. The monoisotopic (exact) mass is 242 g/mol. The minimum absolute atomic E-state index is 0.228. The van der Waals surface area contributed by atoms with Gasteiger partial charge < -0.3 is 11.1 Å². The van der Waals surface area contributed by atoms with Crippen LogP contribution in [0.4, 0.5) is 5.69 Å². The second-order valence-electron chi connectivity index (χ2n) is 3.43. The largest absolute Gasteiger partial charge is 0.395 e. The molecular weight excluding hydrogens is 232 g/mol. The van der Waals surface area contributed by atoms with Gasteiger partial charge >= 0.3 is 0 Å². The number of nitriles is 1. The van der Waals surface area contributed by atoms with E-state index in [0.717, 1.165) is 0 Å². The zero-order valence-electron chi connectivity index (χ0n) is 9.58. The van der Waals surface area contributed by atoms with Crippen molar-refractivity contribution in [2.45, 2.75) is 0 Å². The molecular formula is C11H10N6O. The van der Waals surface area contributed by atoms with Crippen LogP contribution in [0.15, 0.2) is 24.5 Å². The Balaban J connectivity index is 2.47. The van der Waals surface area contributed by atoms with Crippen LogP contribution in [-0.4, -0.2) is 27.7 Å². The minimum Gasteiger partial charge on any atom is -0.395 e. The van der Waals surface area contributed by atoms with Crippen LogP contribution in [0.25, 0.3) is 5.82 Å². The number of hydrogen-bond donors (Lipinski definition) is 2. The third kappa shape index (κ3) is 1.87. The van der Waals surface area contributed by atoms with Gasteiger partial charge in [0.05, 0.1) is 11.3 Å². The Bertz CT molecular complexity index is 639. The van der Waals surface area contributed by atoms with Crippen molar-refractivity contribution in [2.24, 2.45) is 0 Å². The topological polar surface area (TPSA) is 110 Å². The molecule has 0 aliphatic rings. The van der Waals surface area contributed by atoms with Crippen LogP contribution >= 0.6 is 0 Å². The Hall–Kier alpha value is -2.88. The van der Waals surface area contributed by atoms with Gasteiger partial charge in [0.15, 0.2) is 11.5 Å². The summed E-state index contributed by atoms with van der Waals surface area (Å²) >= 11 is 0. The first kappa shape index (κ1) is 11.6. The maximum Gasteiger partial charge on any atom is 0.271 e. The highest BCUT2D eigenvalue weighted by Crippen LogP contribution is 2.17. The molecule has 2 aromatic rings. The third-order valence-electron chi connectivity index (χ3n) is 2.36. The van der Waals surface area contributed by atoms with Crippen LogP contribution in [0.2, 0.25) is 0 Å². The normalized spacial score (nSPS) is 9.78. The Morgan fingerprint density at radius 3 is 3.00 bits per heavy atom. The molecule has 0 aliphatic heterocycles. The molecule has 0 fully saturated rings. The van der Waals surface area contributed by atoms with Gasteiger partial charge in [0.1, 0.15) is 6.07 Å². The number of nitrogens with two attached hydrogens (primary N) is 1. The highest BCUT2D eigenvalue weighted by atomic mass is 16.1. The van der Waals surface area contributed by atoms with E-state index in [-0.39, 0.29) is 17.3 Å². The maximum atomic E-state index is 11.4. The summed E-state index contributed by atoms with van der Waals surface area (Å²) < 4.78 is 1.36. The van der Waals surface area contributed by atoms with Gasteiger partial charge in [-0.3, -0.25) is 4.79 Å². The number of nitrogen functional groups attached to an aromatic ring is 1. The SMILES string of the molecule is CNC(=O)c1ccn(-c2nccc(C#N)c2N)n1. The molecule has 7 nitrogen and oxygen atoms in total. The van der Waals surface area contributed by atoms with E-state index < -0.39 is 0 Å². The molecule has 3 N–H and O–H groups in total. The van der Waals surface area contributed by atoms with Crippen molar-refractivity contribution in [3.8, 4) is 11.9 Å². The van der Waals surface area contributed by atoms with Gasteiger partial charge in [-0.15, -0.1) is 0 Å². The zero-order chi connectivity index (χ0) is 13.1. The minimum atomic E-state index is -0.302. The van der Waals surface area contributed by atoms with E-state index >= 15 is 0 Å². The molecule has 0 bridgehead atoms. The van der Waals surface area contributed by atoms with Crippen molar-refractivity contribution in [3.63, 3.8) is 0 Å². The molecule has 18 heavy (non-hydrogen) atoms. The molecule has 1 amide bonds. The first-order valence-electron chi connectivity index (χ1n) is 5.10. The van der Waals surface area contributed by atoms with Crippen LogP contribution in [-0.2, 0) is 0 Å². The number of amides is 1. The number of hydrogen-bond acceptors (Lipinski definition) is 5. The smallest absolute Gasteiger partial charge is 0.271 e. The second kappa shape index (κ2) is 4.55. The summed E-state index contributed by atoms with van der Waals surface area (Å²) in [4.78, 5) is 15.4. The van der Waals surface area contributed by atoms with Crippen molar-refractivity contribution in [2.75, 3.05) is 12.8 Å². The van der Waals surface area contributed by atoms with Crippen LogP contribution in [0, 0.1) is 11.3 Å². The van der Waals surface area contributed by atoms with Gasteiger partial charge in [-0.25, -0.2) is 9.67 Å².